The number of methoxy groups -OCH3 is 1. The van der Waals surface area contributed by atoms with E-state index in [0.29, 0.717) is 17.4 Å². The van der Waals surface area contributed by atoms with Gasteiger partial charge >= 0.3 is 0 Å². The Labute approximate surface area is 127 Å². The molecule has 2 aromatic heterocycles. The first-order valence-corrected chi connectivity index (χ1v) is 7.13. The van der Waals surface area contributed by atoms with Crippen LogP contribution >= 0.6 is 0 Å². The van der Waals surface area contributed by atoms with Crippen LogP contribution in [-0.2, 0) is 4.74 Å². The van der Waals surface area contributed by atoms with Crippen LogP contribution in [0.2, 0.25) is 0 Å². The van der Waals surface area contributed by atoms with Gasteiger partial charge in [0.1, 0.15) is 0 Å². The van der Waals surface area contributed by atoms with E-state index in [4.69, 9.17) is 4.74 Å². The highest BCUT2D eigenvalue weighted by molar-refractivity contribution is 5.91. The smallest absolute Gasteiger partial charge is 0.181 e. The highest BCUT2D eigenvalue weighted by Gasteiger charge is 2.19. The highest BCUT2D eigenvalue weighted by Crippen LogP contribution is 2.34. The molecule has 2 heterocycles. The first-order chi connectivity index (χ1) is 10.5. The molecule has 0 saturated carbocycles. The number of benzene rings is 1. The SMILES string of the molecule is COC(O)c1cc(-c2nnn[nH]2)cc2c1c(C)cn2C(C)C. The highest BCUT2D eigenvalue weighted by atomic mass is 16.6. The van der Waals surface area contributed by atoms with Crippen LogP contribution in [0.25, 0.3) is 22.3 Å². The molecule has 0 amide bonds. The van der Waals surface area contributed by atoms with Crippen molar-refractivity contribution < 1.29 is 9.84 Å². The van der Waals surface area contributed by atoms with Gasteiger partial charge in [-0.2, -0.15) is 0 Å². The lowest BCUT2D eigenvalue weighted by molar-refractivity contribution is -0.0758. The van der Waals surface area contributed by atoms with Crippen molar-refractivity contribution in [3.8, 4) is 11.4 Å². The van der Waals surface area contributed by atoms with Crippen molar-refractivity contribution in [1.82, 2.24) is 25.2 Å². The van der Waals surface area contributed by atoms with Crippen LogP contribution < -0.4 is 0 Å². The second kappa shape index (κ2) is 5.51. The van der Waals surface area contributed by atoms with Gasteiger partial charge in [-0.05, 0) is 48.9 Å². The fourth-order valence-electron chi connectivity index (χ4n) is 2.79. The van der Waals surface area contributed by atoms with Gasteiger partial charge in [-0.1, -0.05) is 0 Å². The number of rotatable bonds is 4. The van der Waals surface area contributed by atoms with Crippen molar-refractivity contribution >= 4 is 10.9 Å². The summed E-state index contributed by atoms with van der Waals surface area (Å²) in [6.45, 7) is 6.27. The molecule has 0 radical (unpaired) electrons. The van der Waals surface area contributed by atoms with Crippen LogP contribution in [0, 0.1) is 6.92 Å². The lowest BCUT2D eigenvalue weighted by Gasteiger charge is -2.15. The molecule has 0 aliphatic carbocycles. The number of ether oxygens (including phenoxy) is 1. The molecule has 0 fully saturated rings. The number of hydrogen-bond donors (Lipinski definition) is 2. The standard InChI is InChI=1S/C15H19N5O2/c1-8(2)20-7-9(3)13-11(15(21)22-4)5-10(6-12(13)20)14-16-18-19-17-14/h5-8,15,21H,1-4H3,(H,16,17,18,19). The Morgan fingerprint density at radius 2 is 2.09 bits per heavy atom. The number of aryl methyl sites for hydroxylation is 1. The average molecular weight is 301 g/mol. The van der Waals surface area contributed by atoms with Crippen LogP contribution in [-0.4, -0.2) is 37.4 Å². The van der Waals surface area contributed by atoms with Gasteiger partial charge in [0.25, 0.3) is 0 Å². The summed E-state index contributed by atoms with van der Waals surface area (Å²) in [5.41, 5.74) is 3.64. The van der Waals surface area contributed by atoms with E-state index in [2.05, 4.69) is 45.2 Å². The maximum absolute atomic E-state index is 10.2. The van der Waals surface area contributed by atoms with E-state index in [0.717, 1.165) is 22.0 Å². The number of aliphatic hydroxyl groups excluding tert-OH is 1. The van der Waals surface area contributed by atoms with Crippen molar-refractivity contribution in [3.05, 3.63) is 29.5 Å². The number of H-pyrrole nitrogens is 1. The Hall–Kier alpha value is -2.25. The molecule has 0 aliphatic rings. The van der Waals surface area contributed by atoms with Crippen molar-refractivity contribution in [2.75, 3.05) is 7.11 Å². The van der Waals surface area contributed by atoms with E-state index in [-0.39, 0.29) is 0 Å². The van der Waals surface area contributed by atoms with Gasteiger partial charge in [0.05, 0.1) is 0 Å². The minimum Gasteiger partial charge on any atom is -0.364 e. The molecule has 0 saturated heterocycles. The zero-order valence-corrected chi connectivity index (χ0v) is 13.0. The summed E-state index contributed by atoms with van der Waals surface area (Å²) in [4.78, 5) is 0. The van der Waals surface area contributed by atoms with E-state index in [1.54, 1.807) is 0 Å². The van der Waals surface area contributed by atoms with Crippen LogP contribution in [0.5, 0.6) is 0 Å². The minimum absolute atomic E-state index is 0.298. The van der Waals surface area contributed by atoms with Crippen molar-refractivity contribution in [1.29, 1.82) is 0 Å². The number of tetrazole rings is 1. The molecule has 7 nitrogen and oxygen atoms in total. The summed E-state index contributed by atoms with van der Waals surface area (Å²) in [5.74, 6) is 0.556. The number of hydrogen-bond acceptors (Lipinski definition) is 5. The van der Waals surface area contributed by atoms with Gasteiger partial charge in [-0.15, -0.1) is 5.10 Å². The molecule has 3 aromatic rings. The van der Waals surface area contributed by atoms with E-state index < -0.39 is 6.29 Å². The van der Waals surface area contributed by atoms with Crippen molar-refractivity contribution in [2.45, 2.75) is 33.1 Å². The first-order valence-electron chi connectivity index (χ1n) is 7.13. The van der Waals surface area contributed by atoms with Gasteiger partial charge < -0.3 is 14.4 Å². The molecule has 0 bridgehead atoms. The van der Waals surface area contributed by atoms with Crippen LogP contribution in [0.1, 0.15) is 37.3 Å². The van der Waals surface area contributed by atoms with E-state index in [9.17, 15) is 5.11 Å². The molecule has 1 aromatic carbocycles. The molecule has 1 atom stereocenters. The number of aliphatic hydroxyl groups is 1. The monoisotopic (exact) mass is 301 g/mol. The Balaban J connectivity index is 2.35. The zero-order valence-electron chi connectivity index (χ0n) is 13.0. The van der Waals surface area contributed by atoms with Gasteiger partial charge in [0, 0.05) is 41.4 Å². The Morgan fingerprint density at radius 3 is 2.68 bits per heavy atom. The van der Waals surface area contributed by atoms with E-state index in [1.165, 1.54) is 7.11 Å². The lowest BCUT2D eigenvalue weighted by Crippen LogP contribution is -2.03. The number of nitrogens with zero attached hydrogens (tertiary/aromatic N) is 4. The number of fused-ring (bicyclic) bond motifs is 1. The predicted octanol–water partition coefficient (Wildman–Crippen LogP) is 2.35. The van der Waals surface area contributed by atoms with Gasteiger partial charge in [-0.25, -0.2) is 5.10 Å². The van der Waals surface area contributed by atoms with Crippen molar-refractivity contribution in [2.24, 2.45) is 0 Å². The summed E-state index contributed by atoms with van der Waals surface area (Å²) >= 11 is 0. The second-order valence-electron chi connectivity index (χ2n) is 5.61. The molecule has 116 valence electrons. The molecule has 3 rings (SSSR count). The fraction of sp³-hybridized carbons (Fsp3) is 0.400. The van der Waals surface area contributed by atoms with E-state index >= 15 is 0 Å². The summed E-state index contributed by atoms with van der Waals surface area (Å²) < 4.78 is 7.30. The van der Waals surface area contributed by atoms with E-state index in [1.807, 2.05) is 19.1 Å². The number of nitrogens with one attached hydrogen (secondary N) is 1. The summed E-state index contributed by atoms with van der Waals surface area (Å²) in [7, 11) is 1.48. The molecule has 7 heteroatoms. The topological polar surface area (TPSA) is 88.8 Å². The quantitative estimate of drug-likeness (QED) is 0.722. The molecule has 0 spiro atoms. The number of aromatic nitrogens is 5. The average Bonchev–Trinajstić information content (AvgIpc) is 3.14. The van der Waals surface area contributed by atoms with Crippen LogP contribution in [0.3, 0.4) is 0 Å². The minimum atomic E-state index is -1.000. The van der Waals surface area contributed by atoms with Crippen LogP contribution in [0.4, 0.5) is 0 Å². The lowest BCUT2D eigenvalue weighted by atomic mass is 10.0. The number of aromatic amines is 1. The Kier molecular flexibility index (Phi) is 3.67. The summed E-state index contributed by atoms with van der Waals surface area (Å²) in [6.07, 6.45) is 1.09. The molecular weight excluding hydrogens is 282 g/mol. The third kappa shape index (κ3) is 2.28. The predicted molar refractivity (Wildman–Crippen MR) is 82.2 cm³/mol. The molecule has 0 aliphatic heterocycles. The summed E-state index contributed by atoms with van der Waals surface area (Å²) in [6, 6.07) is 4.18. The third-order valence-corrected chi connectivity index (χ3v) is 3.82. The second-order valence-corrected chi connectivity index (χ2v) is 5.61. The maximum Gasteiger partial charge on any atom is 0.181 e. The maximum atomic E-state index is 10.2. The van der Waals surface area contributed by atoms with Crippen LogP contribution in [0.15, 0.2) is 18.3 Å². The Bertz CT molecular complexity index is 792. The zero-order chi connectivity index (χ0) is 15.9. The molecule has 22 heavy (non-hydrogen) atoms. The molecular formula is C15H19N5O2. The molecule has 1 unspecified atom stereocenters. The van der Waals surface area contributed by atoms with Gasteiger partial charge in [0.2, 0.25) is 0 Å². The summed E-state index contributed by atoms with van der Waals surface area (Å²) in [5, 5.41) is 25.2. The Morgan fingerprint density at radius 1 is 1.32 bits per heavy atom. The van der Waals surface area contributed by atoms with Gasteiger partial charge in [0.15, 0.2) is 12.1 Å². The largest absolute Gasteiger partial charge is 0.364 e. The van der Waals surface area contributed by atoms with Gasteiger partial charge in [-0.3, -0.25) is 0 Å². The first kappa shape index (κ1) is 14.7. The third-order valence-electron chi connectivity index (χ3n) is 3.82. The normalized spacial score (nSPS) is 13.2. The van der Waals surface area contributed by atoms with Crippen molar-refractivity contribution in [3.63, 3.8) is 0 Å². The fourth-order valence-corrected chi connectivity index (χ4v) is 2.79. The molecule has 2 N–H and O–H groups in total.